The number of hydrogen-bond donors (Lipinski definition) is 0. The molecule has 0 unspecified atom stereocenters. The van der Waals surface area contributed by atoms with Crippen LogP contribution in [0.5, 0.6) is 0 Å². The van der Waals surface area contributed by atoms with Crippen LogP contribution in [0.25, 0.3) is 11.3 Å². The van der Waals surface area contributed by atoms with Crippen molar-refractivity contribution in [2.24, 2.45) is 7.05 Å². The molecular formula is C17H12ClF3N4. The number of imidazole rings is 1. The maximum Gasteiger partial charge on any atom is 0.435 e. The van der Waals surface area contributed by atoms with E-state index in [1.165, 1.54) is 12.1 Å². The molecule has 4 nitrogen and oxygen atoms in total. The lowest BCUT2D eigenvalue weighted by molar-refractivity contribution is -0.140. The van der Waals surface area contributed by atoms with Crippen LogP contribution in [0.1, 0.15) is 11.4 Å². The molecule has 128 valence electrons. The Bertz CT molecular complexity index is 965. The van der Waals surface area contributed by atoms with Gasteiger partial charge in [0.2, 0.25) is 0 Å². The summed E-state index contributed by atoms with van der Waals surface area (Å²) >= 11 is 6.11. The van der Waals surface area contributed by atoms with Gasteiger partial charge in [0.15, 0.2) is 5.69 Å². The van der Waals surface area contributed by atoms with Gasteiger partial charge < -0.3 is 9.47 Å². The highest BCUT2D eigenvalue weighted by Crippen LogP contribution is 2.46. The molecule has 0 aliphatic carbocycles. The summed E-state index contributed by atoms with van der Waals surface area (Å²) in [5.74, 6) is 0. The number of anilines is 2. The number of pyridine rings is 1. The SMILES string of the molecule is Cn1cnc2c1-c1ccc(Cl)cc1N(c1cccnc1C(F)(F)F)C2. The molecule has 0 spiro atoms. The lowest BCUT2D eigenvalue weighted by Gasteiger charge is -2.32. The van der Waals surface area contributed by atoms with Gasteiger partial charge in [0.25, 0.3) is 0 Å². The van der Waals surface area contributed by atoms with Crippen LogP contribution < -0.4 is 4.90 Å². The monoisotopic (exact) mass is 364 g/mol. The second-order valence-corrected chi connectivity index (χ2v) is 6.20. The van der Waals surface area contributed by atoms with Gasteiger partial charge in [-0.1, -0.05) is 11.6 Å². The molecule has 0 bridgehead atoms. The van der Waals surface area contributed by atoms with Crippen molar-refractivity contribution in [3.05, 3.63) is 59.3 Å². The molecule has 0 amide bonds. The van der Waals surface area contributed by atoms with Gasteiger partial charge in [0.05, 0.1) is 35.6 Å². The Morgan fingerprint density at radius 2 is 1.92 bits per heavy atom. The summed E-state index contributed by atoms with van der Waals surface area (Å²) in [6.07, 6.45) is -1.76. The van der Waals surface area contributed by atoms with Crippen LogP contribution in [0.4, 0.5) is 24.5 Å². The van der Waals surface area contributed by atoms with Crippen LogP contribution in [-0.4, -0.2) is 14.5 Å². The predicted molar refractivity (Wildman–Crippen MR) is 88.7 cm³/mol. The van der Waals surface area contributed by atoms with Crippen LogP contribution in [0.15, 0.2) is 42.9 Å². The van der Waals surface area contributed by atoms with Crippen molar-refractivity contribution < 1.29 is 13.2 Å². The molecule has 0 fully saturated rings. The van der Waals surface area contributed by atoms with Crippen LogP contribution in [0.3, 0.4) is 0 Å². The second-order valence-electron chi connectivity index (χ2n) is 5.77. The number of fused-ring (bicyclic) bond motifs is 3. The Morgan fingerprint density at radius 3 is 2.68 bits per heavy atom. The van der Waals surface area contributed by atoms with Crippen LogP contribution >= 0.6 is 11.6 Å². The van der Waals surface area contributed by atoms with Crippen molar-refractivity contribution in [3.8, 4) is 11.3 Å². The maximum atomic E-state index is 13.4. The van der Waals surface area contributed by atoms with Gasteiger partial charge in [0, 0.05) is 23.8 Å². The average Bonchev–Trinajstić information content (AvgIpc) is 2.94. The van der Waals surface area contributed by atoms with Crippen LogP contribution in [0.2, 0.25) is 5.02 Å². The molecule has 1 aromatic carbocycles. The minimum Gasteiger partial charge on any atom is -0.333 e. The van der Waals surface area contributed by atoms with Crippen molar-refractivity contribution in [3.63, 3.8) is 0 Å². The summed E-state index contributed by atoms with van der Waals surface area (Å²) in [5, 5.41) is 0.451. The van der Waals surface area contributed by atoms with E-state index in [0.29, 0.717) is 16.4 Å². The molecule has 3 heterocycles. The third kappa shape index (κ3) is 2.55. The largest absolute Gasteiger partial charge is 0.435 e. The second kappa shape index (κ2) is 5.49. The zero-order chi connectivity index (χ0) is 17.8. The number of alkyl halides is 3. The van der Waals surface area contributed by atoms with Gasteiger partial charge in [-0.15, -0.1) is 0 Å². The molecule has 0 saturated heterocycles. The van der Waals surface area contributed by atoms with Crippen molar-refractivity contribution in [1.82, 2.24) is 14.5 Å². The lowest BCUT2D eigenvalue weighted by atomic mass is 10.0. The first-order valence-electron chi connectivity index (χ1n) is 7.46. The molecule has 1 aliphatic rings. The third-order valence-corrected chi connectivity index (χ3v) is 4.41. The Labute approximate surface area is 146 Å². The zero-order valence-corrected chi connectivity index (χ0v) is 13.8. The fraction of sp³-hybridized carbons (Fsp3) is 0.176. The van der Waals surface area contributed by atoms with E-state index in [4.69, 9.17) is 11.6 Å². The van der Waals surface area contributed by atoms with E-state index in [1.54, 1.807) is 29.4 Å². The average molecular weight is 365 g/mol. The van der Waals surface area contributed by atoms with Crippen molar-refractivity contribution >= 4 is 23.0 Å². The summed E-state index contributed by atoms with van der Waals surface area (Å²) in [6.45, 7) is 0.207. The highest BCUT2D eigenvalue weighted by Gasteiger charge is 2.38. The van der Waals surface area contributed by atoms with E-state index < -0.39 is 11.9 Å². The topological polar surface area (TPSA) is 34.0 Å². The number of hydrogen-bond acceptors (Lipinski definition) is 3. The van der Waals surface area contributed by atoms with Crippen LogP contribution in [-0.2, 0) is 19.8 Å². The molecule has 0 radical (unpaired) electrons. The van der Waals surface area contributed by atoms with Crippen molar-refractivity contribution in [1.29, 1.82) is 0 Å². The lowest BCUT2D eigenvalue weighted by Crippen LogP contribution is -2.25. The van der Waals surface area contributed by atoms with E-state index in [1.807, 2.05) is 11.6 Å². The fourth-order valence-corrected chi connectivity index (χ4v) is 3.32. The van der Waals surface area contributed by atoms with E-state index in [2.05, 4.69) is 9.97 Å². The summed E-state index contributed by atoms with van der Waals surface area (Å²) < 4.78 is 42.1. The van der Waals surface area contributed by atoms with Gasteiger partial charge in [0.1, 0.15) is 0 Å². The molecule has 2 aromatic heterocycles. The molecule has 8 heteroatoms. The van der Waals surface area contributed by atoms with Crippen molar-refractivity contribution in [2.75, 3.05) is 4.90 Å². The third-order valence-electron chi connectivity index (χ3n) is 4.17. The minimum atomic E-state index is -4.56. The normalized spacial score (nSPS) is 13.6. The Kier molecular flexibility index (Phi) is 3.50. The Balaban J connectivity index is 1.96. The van der Waals surface area contributed by atoms with E-state index in [-0.39, 0.29) is 12.2 Å². The number of halogens is 4. The smallest absolute Gasteiger partial charge is 0.333 e. The van der Waals surface area contributed by atoms with Gasteiger partial charge in [-0.3, -0.25) is 0 Å². The van der Waals surface area contributed by atoms with E-state index >= 15 is 0 Å². The summed E-state index contributed by atoms with van der Waals surface area (Å²) in [4.78, 5) is 9.45. The van der Waals surface area contributed by atoms with Gasteiger partial charge in [-0.05, 0) is 30.3 Å². The molecule has 1 aliphatic heterocycles. The predicted octanol–water partition coefficient (Wildman–Crippen LogP) is 4.81. The molecule has 0 atom stereocenters. The summed E-state index contributed by atoms with van der Waals surface area (Å²) in [6, 6.07) is 8.08. The minimum absolute atomic E-state index is 0.0187. The Hall–Kier alpha value is -2.54. The van der Waals surface area contributed by atoms with E-state index in [9.17, 15) is 13.2 Å². The quantitative estimate of drug-likeness (QED) is 0.621. The molecular weight excluding hydrogens is 353 g/mol. The fourth-order valence-electron chi connectivity index (χ4n) is 3.15. The standard InChI is InChI=1S/C17H12ClF3N4/c1-24-9-23-12-8-25(13-3-2-6-22-16(13)17(19,20)21)14-7-10(18)4-5-11(14)15(12)24/h2-7,9H,8H2,1H3. The molecule has 25 heavy (non-hydrogen) atoms. The highest BCUT2D eigenvalue weighted by atomic mass is 35.5. The number of nitrogens with zero attached hydrogens (tertiary/aromatic N) is 4. The van der Waals surface area contributed by atoms with Gasteiger partial charge in [-0.25, -0.2) is 9.97 Å². The zero-order valence-electron chi connectivity index (χ0n) is 13.0. The Morgan fingerprint density at radius 1 is 1.12 bits per heavy atom. The first-order valence-corrected chi connectivity index (χ1v) is 7.84. The number of aromatic nitrogens is 3. The highest BCUT2D eigenvalue weighted by molar-refractivity contribution is 6.31. The first-order chi connectivity index (χ1) is 11.9. The maximum absolute atomic E-state index is 13.4. The van der Waals surface area contributed by atoms with Gasteiger partial charge >= 0.3 is 6.18 Å². The number of aryl methyl sites for hydroxylation is 1. The molecule has 4 rings (SSSR count). The summed E-state index contributed by atoms with van der Waals surface area (Å²) in [7, 11) is 1.85. The molecule has 0 saturated carbocycles. The van der Waals surface area contributed by atoms with Gasteiger partial charge in [-0.2, -0.15) is 13.2 Å². The summed E-state index contributed by atoms with van der Waals surface area (Å²) in [5.41, 5.74) is 2.01. The van der Waals surface area contributed by atoms with Crippen LogP contribution in [0, 0.1) is 0 Å². The molecule has 0 N–H and O–H groups in total. The molecule has 3 aromatic rings. The number of benzene rings is 1. The van der Waals surface area contributed by atoms with Crippen molar-refractivity contribution in [2.45, 2.75) is 12.7 Å². The first kappa shape index (κ1) is 16.0. The number of rotatable bonds is 1. The van der Waals surface area contributed by atoms with E-state index in [0.717, 1.165) is 17.5 Å².